The summed E-state index contributed by atoms with van der Waals surface area (Å²) < 4.78 is 35.4. The highest BCUT2D eigenvalue weighted by Crippen LogP contribution is 2.37. The number of esters is 1. The molecule has 10 nitrogen and oxygen atoms in total. The lowest BCUT2D eigenvalue weighted by Gasteiger charge is -2.17. The van der Waals surface area contributed by atoms with Crippen LogP contribution in [-0.4, -0.2) is 44.4 Å². The Bertz CT molecular complexity index is 1100. The fourth-order valence-electron chi connectivity index (χ4n) is 2.72. The minimum atomic E-state index is -4.32. The van der Waals surface area contributed by atoms with Crippen LogP contribution < -0.4 is 15.2 Å². The maximum atomic E-state index is 12.5. The Hall–Kier alpha value is -3.44. The molecule has 2 aromatic rings. The molecule has 0 radical (unpaired) electrons. The van der Waals surface area contributed by atoms with E-state index in [0.29, 0.717) is 12.3 Å². The van der Waals surface area contributed by atoms with Gasteiger partial charge in [-0.3, -0.25) is 9.59 Å². The zero-order valence-corrected chi connectivity index (χ0v) is 18.9. The monoisotopic (exact) mass is 478 g/mol. The largest absolute Gasteiger partial charge is 0.481 e. The van der Waals surface area contributed by atoms with Gasteiger partial charge in [0.2, 0.25) is 10.0 Å². The predicted molar refractivity (Wildman–Crippen MR) is 120 cm³/mol. The molecule has 11 heteroatoms. The topological polar surface area (TPSA) is 162 Å². The highest BCUT2D eigenvalue weighted by atomic mass is 32.2. The molecule has 0 aromatic heterocycles. The van der Waals surface area contributed by atoms with Crippen molar-refractivity contribution in [2.24, 2.45) is 5.14 Å². The number of carboxylic acids is 1. The maximum Gasteiger partial charge on any atom is 0.338 e. The fourth-order valence-corrected chi connectivity index (χ4v) is 3.42. The van der Waals surface area contributed by atoms with E-state index >= 15 is 0 Å². The third kappa shape index (κ3) is 8.20. The lowest BCUT2D eigenvalue weighted by Crippen LogP contribution is -2.18. The van der Waals surface area contributed by atoms with Gasteiger partial charge in [-0.2, -0.15) is 0 Å². The molecule has 0 atom stereocenters. The summed E-state index contributed by atoms with van der Waals surface area (Å²) >= 11 is 0. The first-order chi connectivity index (χ1) is 15.6. The molecule has 0 aliphatic heterocycles. The van der Waals surface area contributed by atoms with E-state index in [1.165, 1.54) is 6.07 Å². The number of para-hydroxylation sites is 1. The lowest BCUT2D eigenvalue weighted by molar-refractivity contribution is -0.138. The number of ketones is 1. The van der Waals surface area contributed by atoms with Gasteiger partial charge in [0.25, 0.3) is 0 Å². The molecular weight excluding hydrogens is 452 g/mol. The van der Waals surface area contributed by atoms with Gasteiger partial charge in [0.1, 0.15) is 17.3 Å². The molecule has 0 spiro atoms. The number of rotatable bonds is 13. The third-order valence-electron chi connectivity index (χ3n) is 4.39. The van der Waals surface area contributed by atoms with E-state index in [-0.39, 0.29) is 29.8 Å². The van der Waals surface area contributed by atoms with Crippen LogP contribution in [0.15, 0.2) is 47.4 Å². The van der Waals surface area contributed by atoms with Gasteiger partial charge in [-0.15, -0.1) is 0 Å². The van der Waals surface area contributed by atoms with Gasteiger partial charge in [0.15, 0.2) is 11.5 Å². The molecule has 0 saturated carbocycles. The lowest BCUT2D eigenvalue weighted by atomic mass is 10.1. The standard InChI is InChI=1S/C22H26N2O8S/c1-2-3-11-24-18-12-15(22(28)31-14-16(25)9-10-20(26)27)13-19(33(23,29)30)21(18)32-17-7-5-4-6-8-17/h4-8,12-13,24H,2-3,9-11,14H2,1H3,(H,26,27)(H2,23,29,30). The van der Waals surface area contributed by atoms with Crippen LogP contribution in [0, 0.1) is 0 Å². The highest BCUT2D eigenvalue weighted by Gasteiger charge is 2.24. The molecule has 0 unspecified atom stereocenters. The number of hydrogen-bond acceptors (Lipinski definition) is 8. The molecule has 4 N–H and O–H groups in total. The minimum absolute atomic E-state index is 0.0751. The van der Waals surface area contributed by atoms with E-state index in [4.69, 9.17) is 19.7 Å². The van der Waals surface area contributed by atoms with Crippen molar-refractivity contribution in [1.29, 1.82) is 0 Å². The van der Waals surface area contributed by atoms with Crippen molar-refractivity contribution in [3.8, 4) is 11.5 Å². The number of ether oxygens (including phenoxy) is 2. The van der Waals surface area contributed by atoms with Gasteiger partial charge in [-0.05, 0) is 30.7 Å². The normalized spacial score (nSPS) is 11.0. The second kappa shape index (κ2) is 12.0. The SMILES string of the molecule is CCCCNc1cc(C(=O)OCC(=O)CCC(=O)O)cc(S(N)(=O)=O)c1Oc1ccccc1. The number of hydrogen-bond donors (Lipinski definition) is 3. The van der Waals surface area contributed by atoms with Gasteiger partial charge < -0.3 is 19.9 Å². The number of nitrogens with two attached hydrogens (primary N) is 1. The van der Waals surface area contributed by atoms with Crippen LogP contribution in [0.25, 0.3) is 0 Å². The zero-order valence-electron chi connectivity index (χ0n) is 18.1. The van der Waals surface area contributed by atoms with Crippen LogP contribution in [0.5, 0.6) is 11.5 Å². The molecule has 0 amide bonds. The number of aliphatic carboxylic acids is 1. The van der Waals surface area contributed by atoms with Crippen LogP contribution in [0.3, 0.4) is 0 Å². The molecule has 2 aromatic carbocycles. The number of benzene rings is 2. The van der Waals surface area contributed by atoms with Crippen LogP contribution in [0.4, 0.5) is 5.69 Å². The minimum Gasteiger partial charge on any atom is -0.481 e. The number of carboxylic acid groups (broad SMARTS) is 1. The third-order valence-corrected chi connectivity index (χ3v) is 5.30. The molecule has 2 rings (SSSR count). The summed E-state index contributed by atoms with van der Waals surface area (Å²) in [6.07, 6.45) is 0.952. The highest BCUT2D eigenvalue weighted by molar-refractivity contribution is 7.89. The number of primary sulfonamides is 1. The molecular formula is C22H26N2O8S. The summed E-state index contributed by atoms with van der Waals surface area (Å²) in [5.74, 6) is -2.41. The second-order valence-electron chi connectivity index (χ2n) is 7.10. The molecule has 0 bridgehead atoms. The number of anilines is 1. The summed E-state index contributed by atoms with van der Waals surface area (Å²) in [6.45, 7) is 1.81. The Labute approximate surface area is 191 Å². The molecule has 0 aliphatic carbocycles. The van der Waals surface area contributed by atoms with Gasteiger partial charge in [0.05, 0.1) is 17.7 Å². The molecule has 33 heavy (non-hydrogen) atoms. The van der Waals surface area contributed by atoms with E-state index < -0.39 is 39.2 Å². The zero-order chi connectivity index (χ0) is 24.4. The number of nitrogens with one attached hydrogen (secondary N) is 1. The summed E-state index contributed by atoms with van der Waals surface area (Å²) in [7, 11) is -4.32. The Balaban J connectivity index is 2.39. The summed E-state index contributed by atoms with van der Waals surface area (Å²) in [5.41, 5.74) is 0.0486. The van der Waals surface area contributed by atoms with Crippen molar-refractivity contribution in [3.05, 3.63) is 48.0 Å². The van der Waals surface area contributed by atoms with Crippen molar-refractivity contribution in [2.75, 3.05) is 18.5 Å². The average Bonchev–Trinajstić information content (AvgIpc) is 2.76. The van der Waals surface area contributed by atoms with Crippen molar-refractivity contribution >= 4 is 33.4 Å². The summed E-state index contributed by atoms with van der Waals surface area (Å²) in [4.78, 5) is 34.4. The van der Waals surface area contributed by atoms with Crippen LogP contribution in [0.1, 0.15) is 43.0 Å². The van der Waals surface area contributed by atoms with Crippen LogP contribution >= 0.6 is 0 Å². The predicted octanol–water partition coefficient (Wildman–Crippen LogP) is 2.93. The Morgan fingerprint density at radius 3 is 2.39 bits per heavy atom. The number of carbonyl (C=O) groups excluding carboxylic acids is 2. The maximum absolute atomic E-state index is 12.5. The number of sulfonamides is 1. The van der Waals surface area contributed by atoms with Gasteiger partial charge in [0, 0.05) is 13.0 Å². The number of carbonyl (C=O) groups is 3. The quantitative estimate of drug-likeness (QED) is 0.290. The smallest absolute Gasteiger partial charge is 0.338 e. The molecule has 178 valence electrons. The average molecular weight is 479 g/mol. The van der Waals surface area contributed by atoms with E-state index in [0.717, 1.165) is 18.9 Å². The van der Waals surface area contributed by atoms with Crippen LogP contribution in [-0.2, 0) is 24.3 Å². The molecule has 0 saturated heterocycles. The van der Waals surface area contributed by atoms with E-state index in [1.807, 2.05) is 6.92 Å². The van der Waals surface area contributed by atoms with Gasteiger partial charge >= 0.3 is 11.9 Å². The van der Waals surface area contributed by atoms with Gasteiger partial charge in [-0.25, -0.2) is 18.4 Å². The summed E-state index contributed by atoms with van der Waals surface area (Å²) in [6, 6.07) is 10.8. The fraction of sp³-hybridized carbons (Fsp3) is 0.318. The molecule has 0 aliphatic rings. The van der Waals surface area contributed by atoms with E-state index in [2.05, 4.69) is 5.32 Å². The van der Waals surface area contributed by atoms with Crippen molar-refractivity contribution in [3.63, 3.8) is 0 Å². The van der Waals surface area contributed by atoms with Crippen molar-refractivity contribution < 1.29 is 37.4 Å². The number of unbranched alkanes of at least 4 members (excludes halogenated alkanes) is 1. The van der Waals surface area contributed by atoms with Crippen molar-refractivity contribution in [1.82, 2.24) is 0 Å². The first kappa shape index (κ1) is 25.8. The first-order valence-corrected chi connectivity index (χ1v) is 11.7. The summed E-state index contributed by atoms with van der Waals surface area (Å²) in [5, 5.41) is 17.1. The Kier molecular flexibility index (Phi) is 9.37. The van der Waals surface area contributed by atoms with Gasteiger partial charge in [-0.1, -0.05) is 31.5 Å². The van der Waals surface area contributed by atoms with E-state index in [9.17, 15) is 22.8 Å². The first-order valence-electron chi connectivity index (χ1n) is 10.2. The number of Topliss-reactive ketones (excluding diaryl/α,β-unsaturated/α-hetero) is 1. The molecule has 0 fully saturated rings. The Morgan fingerprint density at radius 2 is 1.79 bits per heavy atom. The van der Waals surface area contributed by atoms with E-state index in [1.54, 1.807) is 30.3 Å². The Morgan fingerprint density at radius 1 is 1.09 bits per heavy atom. The second-order valence-corrected chi connectivity index (χ2v) is 8.63. The van der Waals surface area contributed by atoms with Crippen LogP contribution in [0.2, 0.25) is 0 Å². The molecule has 0 heterocycles. The van der Waals surface area contributed by atoms with Crippen molar-refractivity contribution in [2.45, 2.75) is 37.5 Å².